The number of anilines is 1. The predicted molar refractivity (Wildman–Crippen MR) is 78.9 cm³/mol. The van der Waals surface area contributed by atoms with E-state index >= 15 is 0 Å². The molecular weight excluding hydrogens is 272 g/mol. The largest absolute Gasteiger partial charge is 0.430 e. The van der Waals surface area contributed by atoms with Gasteiger partial charge in [0.05, 0.1) is 11.1 Å². The minimum atomic E-state index is -0.837. The first-order valence-corrected chi connectivity index (χ1v) is 6.10. The topological polar surface area (TPSA) is 115 Å². The van der Waals surface area contributed by atoms with Crippen molar-refractivity contribution in [1.29, 1.82) is 0 Å². The molecule has 21 heavy (non-hydrogen) atoms. The molecule has 0 bridgehead atoms. The van der Waals surface area contributed by atoms with Crippen LogP contribution < -0.4 is 11.3 Å². The summed E-state index contributed by atoms with van der Waals surface area (Å²) in [7, 11) is 0. The van der Waals surface area contributed by atoms with Gasteiger partial charge >= 0.3 is 11.4 Å². The lowest BCUT2D eigenvalue weighted by Crippen LogP contribution is -2.14. The summed E-state index contributed by atoms with van der Waals surface area (Å²) in [6.45, 7) is 0. The second-order valence-electron chi connectivity index (χ2n) is 4.44. The number of nitro groups is 1. The third-order valence-corrected chi connectivity index (χ3v) is 3.11. The molecule has 7 heteroatoms. The number of aromatic amines is 1. The molecule has 3 N–H and O–H groups in total. The van der Waals surface area contributed by atoms with E-state index in [9.17, 15) is 14.9 Å². The molecule has 0 amide bonds. The first-order valence-electron chi connectivity index (χ1n) is 6.10. The molecule has 0 spiro atoms. The number of nitrogens with two attached hydrogens (primary N) is 1. The van der Waals surface area contributed by atoms with E-state index in [0.29, 0.717) is 22.3 Å². The third kappa shape index (κ3) is 2.10. The first kappa shape index (κ1) is 12.8. The number of nitrogens with one attached hydrogen (secondary N) is 1. The highest BCUT2D eigenvalue weighted by Gasteiger charge is 2.20. The molecule has 0 atom stereocenters. The van der Waals surface area contributed by atoms with Crippen LogP contribution in [-0.4, -0.2) is 14.9 Å². The van der Waals surface area contributed by atoms with Gasteiger partial charge in [-0.05, 0) is 27.6 Å². The van der Waals surface area contributed by atoms with Gasteiger partial charge in [0.25, 0.3) is 0 Å². The summed E-state index contributed by atoms with van der Waals surface area (Å²) in [6.07, 6.45) is 0. The van der Waals surface area contributed by atoms with Crippen molar-refractivity contribution in [3.8, 4) is 11.1 Å². The smallest absolute Gasteiger partial charge is 0.398 e. The molecule has 0 saturated heterocycles. The van der Waals surface area contributed by atoms with Crippen molar-refractivity contribution in [3.63, 3.8) is 0 Å². The van der Waals surface area contributed by atoms with E-state index < -0.39 is 16.3 Å². The fourth-order valence-electron chi connectivity index (χ4n) is 2.19. The normalized spacial score (nSPS) is 10.7. The van der Waals surface area contributed by atoms with Crippen LogP contribution in [0.5, 0.6) is 0 Å². The molecule has 0 fully saturated rings. The molecule has 1 aromatic heterocycles. The van der Waals surface area contributed by atoms with E-state index in [2.05, 4.69) is 9.97 Å². The lowest BCUT2D eigenvalue weighted by Gasteiger charge is -2.06. The van der Waals surface area contributed by atoms with Crippen LogP contribution in [0.25, 0.3) is 22.2 Å². The van der Waals surface area contributed by atoms with Gasteiger partial charge in [-0.25, -0.2) is 0 Å². The maximum Gasteiger partial charge on any atom is 0.430 e. The SMILES string of the molecule is Nc1ccc2[nH]c(=O)c([N+](=O)[O-])nc2c1-c1ccccc1. The Balaban J connectivity index is 2.43. The molecule has 104 valence electrons. The van der Waals surface area contributed by atoms with Gasteiger partial charge in [0.2, 0.25) is 5.52 Å². The van der Waals surface area contributed by atoms with Crippen molar-refractivity contribution < 1.29 is 4.92 Å². The monoisotopic (exact) mass is 282 g/mol. The van der Waals surface area contributed by atoms with E-state index in [1.165, 1.54) is 0 Å². The molecule has 1 heterocycles. The summed E-state index contributed by atoms with van der Waals surface area (Å²) < 4.78 is 0. The van der Waals surface area contributed by atoms with E-state index in [0.717, 1.165) is 5.56 Å². The zero-order valence-corrected chi connectivity index (χ0v) is 10.7. The minimum Gasteiger partial charge on any atom is -0.398 e. The van der Waals surface area contributed by atoms with E-state index in [1.807, 2.05) is 30.3 Å². The Morgan fingerprint density at radius 1 is 1.14 bits per heavy atom. The van der Waals surface area contributed by atoms with Crippen LogP contribution in [0.3, 0.4) is 0 Å². The Kier molecular flexibility index (Phi) is 2.87. The van der Waals surface area contributed by atoms with Crippen molar-refractivity contribution in [2.45, 2.75) is 0 Å². The van der Waals surface area contributed by atoms with Gasteiger partial charge in [-0.2, -0.15) is 0 Å². The quantitative estimate of drug-likeness (QED) is 0.424. The van der Waals surface area contributed by atoms with E-state index in [-0.39, 0.29) is 0 Å². The number of nitrogens with zero attached hydrogens (tertiary/aromatic N) is 2. The van der Waals surface area contributed by atoms with Crippen molar-refractivity contribution in [3.05, 3.63) is 62.9 Å². The summed E-state index contributed by atoms with van der Waals surface area (Å²) >= 11 is 0. The highest BCUT2D eigenvalue weighted by molar-refractivity contribution is 5.98. The standard InChI is InChI=1S/C14H10N4O3/c15-9-6-7-10-12(11(9)8-4-2-1-3-5-8)17-13(18(20)21)14(19)16-10/h1-7H,15H2,(H,16,19). The van der Waals surface area contributed by atoms with Crippen molar-refractivity contribution in [2.24, 2.45) is 0 Å². The number of fused-ring (bicyclic) bond motifs is 1. The molecule has 0 aliphatic carbocycles. The van der Waals surface area contributed by atoms with E-state index in [1.54, 1.807) is 12.1 Å². The average molecular weight is 282 g/mol. The molecular formula is C14H10N4O3. The maximum atomic E-state index is 11.6. The Hall–Kier alpha value is -3.22. The van der Waals surface area contributed by atoms with Crippen molar-refractivity contribution in [2.75, 3.05) is 5.73 Å². The van der Waals surface area contributed by atoms with Gasteiger partial charge in [0.1, 0.15) is 0 Å². The maximum absolute atomic E-state index is 11.6. The molecule has 2 aromatic carbocycles. The zero-order chi connectivity index (χ0) is 15.0. The number of rotatable bonds is 2. The summed E-state index contributed by atoms with van der Waals surface area (Å²) in [5.41, 5.74) is 7.61. The van der Waals surface area contributed by atoms with Gasteiger partial charge in [-0.3, -0.25) is 4.79 Å². The molecule has 3 rings (SSSR count). The van der Waals surface area contributed by atoms with Crippen molar-refractivity contribution in [1.82, 2.24) is 9.97 Å². The summed E-state index contributed by atoms with van der Waals surface area (Å²) in [5, 5.41) is 10.9. The number of nitrogen functional groups attached to an aromatic ring is 1. The predicted octanol–water partition coefficient (Wildman–Crippen LogP) is 2.08. The van der Waals surface area contributed by atoms with Gasteiger partial charge < -0.3 is 20.8 Å². The highest BCUT2D eigenvalue weighted by atomic mass is 16.6. The summed E-state index contributed by atoms with van der Waals surface area (Å²) in [5.74, 6) is -0.745. The molecule has 3 aromatic rings. The Labute approximate surface area is 118 Å². The van der Waals surface area contributed by atoms with Crippen LogP contribution in [-0.2, 0) is 0 Å². The molecule has 0 aliphatic heterocycles. The minimum absolute atomic E-state index is 0.299. The Morgan fingerprint density at radius 3 is 2.52 bits per heavy atom. The summed E-state index contributed by atoms with van der Waals surface area (Å²) in [6, 6.07) is 12.4. The van der Waals surface area contributed by atoms with Crippen LogP contribution in [0.4, 0.5) is 11.5 Å². The zero-order valence-electron chi connectivity index (χ0n) is 10.7. The third-order valence-electron chi connectivity index (χ3n) is 3.11. The Bertz CT molecular complexity index is 903. The van der Waals surface area contributed by atoms with Gasteiger partial charge in [0, 0.05) is 5.69 Å². The second kappa shape index (κ2) is 4.71. The second-order valence-corrected chi connectivity index (χ2v) is 4.44. The number of H-pyrrole nitrogens is 1. The first-order chi connectivity index (χ1) is 10.1. The van der Waals surface area contributed by atoms with Crippen molar-refractivity contribution >= 4 is 22.5 Å². The molecule has 0 saturated carbocycles. The molecule has 0 radical (unpaired) electrons. The Morgan fingerprint density at radius 2 is 1.86 bits per heavy atom. The van der Waals surface area contributed by atoms with Crippen LogP contribution in [0, 0.1) is 10.1 Å². The lowest BCUT2D eigenvalue weighted by molar-refractivity contribution is -0.390. The number of hydrogen-bond acceptors (Lipinski definition) is 5. The lowest BCUT2D eigenvalue weighted by atomic mass is 10.0. The number of benzene rings is 2. The van der Waals surface area contributed by atoms with E-state index in [4.69, 9.17) is 5.73 Å². The van der Waals surface area contributed by atoms with Gasteiger partial charge in [-0.15, -0.1) is 0 Å². The van der Waals surface area contributed by atoms with Crippen LogP contribution in [0.15, 0.2) is 47.3 Å². The van der Waals surface area contributed by atoms with Gasteiger partial charge in [0.15, 0.2) is 0 Å². The van der Waals surface area contributed by atoms with Gasteiger partial charge in [-0.1, -0.05) is 30.3 Å². The van der Waals surface area contributed by atoms with Crippen LogP contribution in [0.1, 0.15) is 0 Å². The molecule has 0 aliphatic rings. The average Bonchev–Trinajstić information content (AvgIpc) is 2.47. The fraction of sp³-hybridized carbons (Fsp3) is 0. The number of hydrogen-bond donors (Lipinski definition) is 2. The summed E-state index contributed by atoms with van der Waals surface area (Å²) in [4.78, 5) is 28.0. The highest BCUT2D eigenvalue weighted by Crippen LogP contribution is 2.32. The number of aromatic nitrogens is 2. The van der Waals surface area contributed by atoms with Crippen LogP contribution in [0.2, 0.25) is 0 Å². The fourth-order valence-corrected chi connectivity index (χ4v) is 2.19. The molecule has 0 unspecified atom stereocenters. The molecule has 7 nitrogen and oxygen atoms in total. The van der Waals surface area contributed by atoms with Crippen LogP contribution >= 0.6 is 0 Å².